The van der Waals surface area contributed by atoms with E-state index in [1.807, 2.05) is 0 Å². The normalized spacial score (nSPS) is 13.9. The second-order valence-corrected chi connectivity index (χ2v) is 36.4. The maximum atomic E-state index is 13.2. The van der Waals surface area contributed by atoms with Crippen LogP contribution in [0.1, 0.15) is 460 Å². The summed E-state index contributed by atoms with van der Waals surface area (Å²) >= 11 is 0. The lowest BCUT2D eigenvalue weighted by Crippen LogP contribution is -2.30. The van der Waals surface area contributed by atoms with E-state index in [9.17, 15) is 43.2 Å². The molecule has 0 spiro atoms. The van der Waals surface area contributed by atoms with Crippen LogP contribution in [0, 0.1) is 23.7 Å². The number of phosphoric acid groups is 2. The van der Waals surface area contributed by atoms with Gasteiger partial charge in [-0.3, -0.25) is 37.3 Å². The van der Waals surface area contributed by atoms with Gasteiger partial charge in [0.15, 0.2) is 12.2 Å². The van der Waals surface area contributed by atoms with E-state index in [2.05, 4.69) is 55.4 Å². The Morgan fingerprint density at radius 1 is 0.234 bits per heavy atom. The average molecular weight is 1560 g/mol. The second-order valence-electron chi connectivity index (χ2n) is 33.5. The Hall–Kier alpha value is -1.94. The highest BCUT2D eigenvalue weighted by Gasteiger charge is 2.31. The number of esters is 4. The Morgan fingerprint density at radius 2 is 0.393 bits per heavy atom. The lowest BCUT2D eigenvalue weighted by molar-refractivity contribution is -0.161. The van der Waals surface area contributed by atoms with Crippen LogP contribution in [-0.2, 0) is 65.4 Å². The van der Waals surface area contributed by atoms with E-state index in [4.69, 9.17) is 37.0 Å². The quantitative estimate of drug-likeness (QED) is 0.0222. The lowest BCUT2D eigenvalue weighted by Gasteiger charge is -2.21. The number of rotatable bonds is 85. The molecule has 0 saturated heterocycles. The van der Waals surface area contributed by atoms with Crippen molar-refractivity contribution in [1.29, 1.82) is 0 Å². The average Bonchev–Trinajstić information content (AvgIpc) is 0.903. The van der Waals surface area contributed by atoms with Crippen LogP contribution >= 0.6 is 15.6 Å². The van der Waals surface area contributed by atoms with Crippen molar-refractivity contribution in [2.75, 3.05) is 39.6 Å². The van der Waals surface area contributed by atoms with E-state index in [0.29, 0.717) is 31.6 Å². The molecule has 636 valence electrons. The maximum absolute atomic E-state index is 13.2. The molecule has 0 aromatic heterocycles. The monoisotopic (exact) mass is 1560 g/mol. The predicted molar refractivity (Wildman–Crippen MR) is 441 cm³/mol. The second kappa shape index (κ2) is 76.7. The van der Waals surface area contributed by atoms with Crippen molar-refractivity contribution in [3.63, 3.8) is 0 Å². The van der Waals surface area contributed by atoms with E-state index in [0.717, 1.165) is 114 Å². The molecule has 0 fully saturated rings. The number of carbonyl (C=O) groups excluding carboxylic acids is 4. The molecule has 0 aliphatic heterocycles. The Labute approximate surface area is 658 Å². The minimum Gasteiger partial charge on any atom is -0.462 e. The van der Waals surface area contributed by atoms with Crippen molar-refractivity contribution in [2.45, 2.75) is 478 Å². The zero-order chi connectivity index (χ0) is 78.8. The summed E-state index contributed by atoms with van der Waals surface area (Å²) in [5, 5.41) is 10.7. The van der Waals surface area contributed by atoms with Gasteiger partial charge in [-0.25, -0.2) is 9.13 Å². The zero-order valence-corrected chi connectivity index (χ0v) is 72.6. The highest BCUT2D eigenvalue weighted by atomic mass is 31.2. The molecule has 3 N–H and O–H groups in total. The number of unbranched alkanes of at least 4 members (excludes halogenated alkanes) is 51. The molecule has 0 bridgehead atoms. The van der Waals surface area contributed by atoms with Crippen LogP contribution < -0.4 is 0 Å². The Morgan fingerprint density at radius 3 is 0.579 bits per heavy atom. The summed E-state index contributed by atoms with van der Waals surface area (Å²) in [6, 6.07) is 0. The summed E-state index contributed by atoms with van der Waals surface area (Å²) in [6.07, 6.45) is 66.8. The minimum atomic E-state index is -4.97. The van der Waals surface area contributed by atoms with E-state index in [1.54, 1.807) is 0 Å². The molecule has 0 heterocycles. The fourth-order valence-electron chi connectivity index (χ4n) is 13.7. The molecule has 19 heteroatoms. The zero-order valence-electron chi connectivity index (χ0n) is 70.8. The number of aliphatic hydroxyl groups is 1. The number of ether oxygens (including phenoxy) is 4. The van der Waals surface area contributed by atoms with Gasteiger partial charge in [-0.2, -0.15) is 0 Å². The van der Waals surface area contributed by atoms with E-state index < -0.39 is 97.5 Å². The van der Waals surface area contributed by atoms with Gasteiger partial charge in [0, 0.05) is 25.7 Å². The topological polar surface area (TPSA) is 237 Å². The molecular weight excluding hydrogens is 1390 g/mol. The molecule has 0 amide bonds. The van der Waals surface area contributed by atoms with Crippen LogP contribution in [-0.4, -0.2) is 96.7 Å². The summed E-state index contributed by atoms with van der Waals surface area (Å²) in [4.78, 5) is 73.3. The van der Waals surface area contributed by atoms with Gasteiger partial charge in [0.1, 0.15) is 19.3 Å². The lowest BCUT2D eigenvalue weighted by atomic mass is 10.0. The van der Waals surface area contributed by atoms with Crippen LogP contribution in [0.4, 0.5) is 0 Å². The van der Waals surface area contributed by atoms with Crippen LogP contribution in [0.15, 0.2) is 0 Å². The third kappa shape index (κ3) is 81.9. The molecule has 17 nitrogen and oxygen atoms in total. The number of carbonyl (C=O) groups is 4. The third-order valence-corrected chi connectivity index (χ3v) is 22.5. The van der Waals surface area contributed by atoms with Gasteiger partial charge in [0.2, 0.25) is 0 Å². The van der Waals surface area contributed by atoms with Gasteiger partial charge in [-0.1, -0.05) is 409 Å². The van der Waals surface area contributed by atoms with Gasteiger partial charge in [-0.15, -0.1) is 0 Å². The Balaban J connectivity index is 5.21. The van der Waals surface area contributed by atoms with Crippen LogP contribution in [0.3, 0.4) is 0 Å². The van der Waals surface area contributed by atoms with Gasteiger partial charge >= 0.3 is 39.5 Å². The van der Waals surface area contributed by atoms with E-state index in [-0.39, 0.29) is 25.7 Å². The van der Waals surface area contributed by atoms with Gasteiger partial charge in [0.05, 0.1) is 26.4 Å². The molecule has 0 aliphatic carbocycles. The highest BCUT2D eigenvalue weighted by molar-refractivity contribution is 7.47. The predicted octanol–water partition coefficient (Wildman–Crippen LogP) is 26.7. The van der Waals surface area contributed by atoms with Crippen molar-refractivity contribution in [3.8, 4) is 0 Å². The summed E-state index contributed by atoms with van der Waals surface area (Å²) < 4.78 is 68.9. The van der Waals surface area contributed by atoms with Crippen molar-refractivity contribution in [3.05, 3.63) is 0 Å². The fraction of sp³-hybridized carbons (Fsp3) is 0.955. The molecule has 0 rings (SSSR count). The SMILES string of the molecule is CC(C)CCCCCCCCCCCCCCCCCCCCC(=O)OC[C@H](COP(=O)(O)OCC(O)COP(=O)(O)OC[C@@H](COC(=O)CCCCCCCCCC(C)C)OC(=O)CCCCCCCCCCCCCCCCCCC(C)C)OC(=O)CCCCCCCCCCCCCCCCC(C)C. The summed E-state index contributed by atoms with van der Waals surface area (Å²) in [5.41, 5.74) is 0. The van der Waals surface area contributed by atoms with Gasteiger partial charge in [0.25, 0.3) is 0 Å². The van der Waals surface area contributed by atoms with Crippen LogP contribution in [0.5, 0.6) is 0 Å². The first-order chi connectivity index (χ1) is 51.6. The third-order valence-electron chi connectivity index (χ3n) is 20.6. The molecule has 0 aliphatic rings. The van der Waals surface area contributed by atoms with Crippen molar-refractivity contribution < 1.29 is 80.2 Å². The highest BCUT2D eigenvalue weighted by Crippen LogP contribution is 2.45. The number of hydrogen-bond donors (Lipinski definition) is 3. The first-order valence-corrected chi connectivity index (χ1v) is 48.2. The first-order valence-electron chi connectivity index (χ1n) is 45.2. The summed E-state index contributed by atoms with van der Waals surface area (Å²) in [5.74, 6) is 1.03. The van der Waals surface area contributed by atoms with Crippen molar-refractivity contribution in [1.82, 2.24) is 0 Å². The summed E-state index contributed by atoms with van der Waals surface area (Å²) in [7, 11) is -9.93. The van der Waals surface area contributed by atoms with E-state index >= 15 is 0 Å². The minimum absolute atomic E-state index is 0.107. The first kappa shape index (κ1) is 105. The summed E-state index contributed by atoms with van der Waals surface area (Å²) in [6.45, 7) is 14.3. The van der Waals surface area contributed by atoms with Gasteiger partial charge < -0.3 is 33.8 Å². The fourth-order valence-corrected chi connectivity index (χ4v) is 15.3. The smallest absolute Gasteiger partial charge is 0.462 e. The van der Waals surface area contributed by atoms with Crippen LogP contribution in [0.2, 0.25) is 0 Å². The molecule has 0 radical (unpaired) electrons. The number of aliphatic hydroxyl groups excluding tert-OH is 1. The molecule has 3 unspecified atom stereocenters. The Kier molecular flexibility index (Phi) is 75.3. The number of phosphoric ester groups is 2. The van der Waals surface area contributed by atoms with Crippen LogP contribution in [0.25, 0.3) is 0 Å². The maximum Gasteiger partial charge on any atom is 0.472 e. The number of hydrogen-bond acceptors (Lipinski definition) is 15. The van der Waals surface area contributed by atoms with Crippen molar-refractivity contribution in [2.24, 2.45) is 23.7 Å². The standard InChI is InChI=1S/C88H172O17P2/c1-78(2)64-56-48-40-33-27-21-15-11-9-10-12-17-24-30-36-44-52-60-68-85(90)98-74-83(104-87(92)71-63-55-46-38-32-26-20-19-23-29-35-42-50-58-66-80(5)6)76-102-106(94,95)100-72-82(89)73-101-107(96,97)103-77-84(75-99-86(91)69-61-53-47-39-43-51-59-67-81(7)8)105-88(93)70-62-54-45-37-31-25-18-14-13-16-22-28-34-41-49-57-65-79(3)4/h78-84,89H,9-77H2,1-8H3,(H,94,95)(H,96,97)/t82?,83-,84-/m1/s1. The molecule has 5 atom stereocenters. The molecule has 0 aromatic carbocycles. The van der Waals surface area contributed by atoms with E-state index in [1.165, 1.54) is 257 Å². The molecular formula is C88H172O17P2. The molecule has 0 saturated carbocycles. The Bertz CT molecular complexity index is 2080. The van der Waals surface area contributed by atoms with Gasteiger partial charge in [-0.05, 0) is 49.4 Å². The molecule has 107 heavy (non-hydrogen) atoms. The largest absolute Gasteiger partial charge is 0.472 e. The van der Waals surface area contributed by atoms with Crippen molar-refractivity contribution >= 4 is 39.5 Å². The molecule has 0 aromatic rings.